The van der Waals surface area contributed by atoms with Gasteiger partial charge in [-0.3, -0.25) is 9.69 Å². The zero-order valence-electron chi connectivity index (χ0n) is 16.9. The Balaban J connectivity index is 0.000000318. The predicted molar refractivity (Wildman–Crippen MR) is 99.6 cm³/mol. The number of piperidine rings is 1. The Morgan fingerprint density at radius 3 is 2.47 bits per heavy atom. The van der Waals surface area contributed by atoms with Gasteiger partial charge >= 0.3 is 12.1 Å². The number of carboxylic acid groups (broad SMARTS) is 1. The lowest BCUT2D eigenvalue weighted by Gasteiger charge is -2.40. The number of carboxylic acids is 1. The van der Waals surface area contributed by atoms with Gasteiger partial charge in [-0.15, -0.1) is 0 Å². The standard InChI is InChI=1S/C18H26N2O3.C2HF3O2/c1-13-4-5-15(23-13)12-20-11-14(10-17-16(20)6-9-22-17)18(21)19-7-2-3-8-19;3-2(4,5)1(6)7/h4-5,14,16-17H,2-3,6-12H2,1H3;(H,6,7)/t14-,16+,17+;/m0./s1. The fraction of sp³-hybridized carbons (Fsp3) is 0.700. The molecule has 1 aromatic heterocycles. The second-order valence-corrected chi connectivity index (χ2v) is 7.97. The molecule has 0 bridgehead atoms. The third-order valence-electron chi connectivity index (χ3n) is 5.78. The molecule has 1 amide bonds. The molecule has 1 N–H and O–H groups in total. The molecule has 0 aliphatic carbocycles. The number of halogens is 3. The molecule has 0 spiro atoms. The lowest BCUT2D eigenvalue weighted by Crippen LogP contribution is -2.52. The number of fused-ring (bicyclic) bond motifs is 1. The molecule has 168 valence electrons. The van der Waals surface area contributed by atoms with Gasteiger partial charge in [-0.2, -0.15) is 13.2 Å². The van der Waals surface area contributed by atoms with Gasteiger partial charge in [0.2, 0.25) is 5.91 Å². The molecule has 4 rings (SSSR count). The van der Waals surface area contributed by atoms with Crippen molar-refractivity contribution in [1.29, 1.82) is 0 Å². The van der Waals surface area contributed by atoms with Crippen LogP contribution in [0.3, 0.4) is 0 Å². The molecule has 3 aliphatic rings. The lowest BCUT2D eigenvalue weighted by atomic mass is 9.89. The van der Waals surface area contributed by atoms with E-state index in [9.17, 15) is 18.0 Å². The van der Waals surface area contributed by atoms with E-state index < -0.39 is 12.1 Å². The first-order valence-electron chi connectivity index (χ1n) is 10.1. The maximum atomic E-state index is 12.8. The summed E-state index contributed by atoms with van der Waals surface area (Å²) in [5, 5.41) is 7.12. The van der Waals surface area contributed by atoms with Gasteiger partial charge < -0.3 is 19.2 Å². The number of carbonyl (C=O) groups is 2. The number of ether oxygens (including phenoxy) is 1. The molecular weight excluding hydrogens is 405 g/mol. The highest BCUT2D eigenvalue weighted by atomic mass is 19.4. The van der Waals surface area contributed by atoms with Crippen molar-refractivity contribution in [3.63, 3.8) is 0 Å². The van der Waals surface area contributed by atoms with Crippen LogP contribution in [0.1, 0.15) is 37.2 Å². The second-order valence-electron chi connectivity index (χ2n) is 7.97. The minimum Gasteiger partial charge on any atom is -0.475 e. The number of hydrogen-bond donors (Lipinski definition) is 1. The number of alkyl halides is 3. The Kier molecular flexibility index (Phi) is 7.07. The van der Waals surface area contributed by atoms with E-state index in [0.29, 0.717) is 11.9 Å². The van der Waals surface area contributed by atoms with Gasteiger partial charge in [-0.05, 0) is 44.7 Å². The zero-order chi connectivity index (χ0) is 21.9. The molecule has 3 fully saturated rings. The first kappa shape index (κ1) is 22.6. The highest BCUT2D eigenvalue weighted by molar-refractivity contribution is 5.79. The number of rotatable bonds is 3. The monoisotopic (exact) mass is 432 g/mol. The molecule has 0 unspecified atom stereocenters. The highest BCUT2D eigenvalue weighted by Gasteiger charge is 2.43. The van der Waals surface area contributed by atoms with Crippen molar-refractivity contribution in [2.45, 2.75) is 57.5 Å². The Bertz CT molecular complexity index is 745. The van der Waals surface area contributed by atoms with E-state index in [0.717, 1.165) is 70.0 Å². The molecule has 0 radical (unpaired) electrons. The van der Waals surface area contributed by atoms with Gasteiger partial charge in [0.25, 0.3) is 0 Å². The molecular formula is C20H27F3N2O5. The SMILES string of the molecule is Cc1ccc(CN2C[C@@H](C(=O)N3CCCC3)C[C@H]3OCC[C@H]32)o1.O=C(O)C(F)(F)F. The maximum Gasteiger partial charge on any atom is 0.490 e. The van der Waals surface area contributed by atoms with E-state index in [4.69, 9.17) is 19.1 Å². The number of nitrogens with zero attached hydrogens (tertiary/aromatic N) is 2. The van der Waals surface area contributed by atoms with Crippen LogP contribution in [0.25, 0.3) is 0 Å². The third-order valence-corrected chi connectivity index (χ3v) is 5.78. The Labute approximate surface area is 172 Å². The molecule has 10 heteroatoms. The maximum absolute atomic E-state index is 12.8. The van der Waals surface area contributed by atoms with Crippen LogP contribution in [0.2, 0.25) is 0 Å². The van der Waals surface area contributed by atoms with Gasteiger partial charge in [0.15, 0.2) is 0 Å². The van der Waals surface area contributed by atoms with Gasteiger partial charge in [0, 0.05) is 32.3 Å². The molecule has 30 heavy (non-hydrogen) atoms. The molecule has 4 heterocycles. The van der Waals surface area contributed by atoms with E-state index in [2.05, 4.69) is 9.80 Å². The summed E-state index contributed by atoms with van der Waals surface area (Å²) in [6, 6.07) is 4.49. The Hall–Kier alpha value is -2.07. The fourth-order valence-electron chi connectivity index (χ4n) is 4.38. The van der Waals surface area contributed by atoms with E-state index in [1.165, 1.54) is 0 Å². The minimum absolute atomic E-state index is 0.0727. The van der Waals surface area contributed by atoms with Crippen LogP contribution in [-0.4, -0.2) is 71.3 Å². The Morgan fingerprint density at radius 1 is 1.23 bits per heavy atom. The number of furan rings is 1. The summed E-state index contributed by atoms with van der Waals surface area (Å²) in [4.78, 5) is 26.2. The van der Waals surface area contributed by atoms with Crippen molar-refractivity contribution in [3.05, 3.63) is 23.7 Å². The number of likely N-dealkylation sites (tertiary alicyclic amines) is 2. The number of aliphatic carboxylic acids is 1. The number of amides is 1. The summed E-state index contributed by atoms with van der Waals surface area (Å²) >= 11 is 0. The van der Waals surface area contributed by atoms with E-state index in [-0.39, 0.29) is 12.0 Å². The lowest BCUT2D eigenvalue weighted by molar-refractivity contribution is -0.192. The van der Waals surface area contributed by atoms with Crippen molar-refractivity contribution < 1.29 is 37.0 Å². The van der Waals surface area contributed by atoms with Gasteiger partial charge in [-0.25, -0.2) is 4.79 Å². The smallest absolute Gasteiger partial charge is 0.475 e. The van der Waals surface area contributed by atoms with Crippen LogP contribution in [0, 0.1) is 12.8 Å². The van der Waals surface area contributed by atoms with Crippen LogP contribution in [-0.2, 0) is 20.9 Å². The third kappa shape index (κ3) is 5.54. The molecule has 0 saturated carbocycles. The topological polar surface area (TPSA) is 83.2 Å². The Morgan fingerprint density at radius 2 is 1.90 bits per heavy atom. The first-order valence-corrected chi connectivity index (χ1v) is 10.1. The molecule has 0 aromatic carbocycles. The molecule has 3 aliphatic heterocycles. The van der Waals surface area contributed by atoms with E-state index >= 15 is 0 Å². The van der Waals surface area contributed by atoms with Crippen molar-refractivity contribution in [2.24, 2.45) is 5.92 Å². The summed E-state index contributed by atoms with van der Waals surface area (Å²) in [6.07, 6.45) is -0.633. The van der Waals surface area contributed by atoms with E-state index in [1.807, 2.05) is 19.1 Å². The molecule has 3 atom stereocenters. The summed E-state index contributed by atoms with van der Waals surface area (Å²) < 4.78 is 43.4. The van der Waals surface area contributed by atoms with Crippen LogP contribution >= 0.6 is 0 Å². The normalized spacial score (nSPS) is 26.8. The quantitative estimate of drug-likeness (QED) is 0.791. The fourth-order valence-corrected chi connectivity index (χ4v) is 4.38. The van der Waals surface area contributed by atoms with Crippen LogP contribution in [0.5, 0.6) is 0 Å². The van der Waals surface area contributed by atoms with Crippen molar-refractivity contribution >= 4 is 11.9 Å². The van der Waals surface area contributed by atoms with Crippen molar-refractivity contribution in [2.75, 3.05) is 26.2 Å². The number of aryl methyl sites for hydroxylation is 1. The van der Waals surface area contributed by atoms with Crippen LogP contribution in [0.4, 0.5) is 13.2 Å². The number of hydrogen-bond acceptors (Lipinski definition) is 5. The van der Waals surface area contributed by atoms with Gasteiger partial charge in [-0.1, -0.05) is 0 Å². The largest absolute Gasteiger partial charge is 0.490 e. The molecule has 3 saturated heterocycles. The molecule has 1 aromatic rings. The average molecular weight is 432 g/mol. The van der Waals surface area contributed by atoms with Gasteiger partial charge in [0.1, 0.15) is 11.5 Å². The summed E-state index contributed by atoms with van der Waals surface area (Å²) in [5.74, 6) is -0.420. The zero-order valence-corrected chi connectivity index (χ0v) is 16.9. The summed E-state index contributed by atoms with van der Waals surface area (Å²) in [5.41, 5.74) is 0. The first-order chi connectivity index (χ1) is 14.1. The van der Waals surface area contributed by atoms with Gasteiger partial charge in [0.05, 0.1) is 18.6 Å². The van der Waals surface area contributed by atoms with E-state index in [1.54, 1.807) is 0 Å². The second kappa shape index (κ2) is 9.38. The predicted octanol–water partition coefficient (Wildman–Crippen LogP) is 2.82. The molecule has 7 nitrogen and oxygen atoms in total. The number of carbonyl (C=O) groups excluding carboxylic acids is 1. The van der Waals surface area contributed by atoms with Crippen molar-refractivity contribution in [3.8, 4) is 0 Å². The van der Waals surface area contributed by atoms with Crippen LogP contribution < -0.4 is 0 Å². The minimum atomic E-state index is -5.08. The van der Waals surface area contributed by atoms with Crippen molar-refractivity contribution in [1.82, 2.24) is 9.80 Å². The van der Waals surface area contributed by atoms with Crippen LogP contribution in [0.15, 0.2) is 16.5 Å². The summed E-state index contributed by atoms with van der Waals surface area (Å²) in [7, 11) is 0. The average Bonchev–Trinajstić information content (AvgIpc) is 3.42. The summed E-state index contributed by atoms with van der Waals surface area (Å²) in [6.45, 7) is 6.26. The highest BCUT2D eigenvalue weighted by Crippen LogP contribution is 2.33.